The van der Waals surface area contributed by atoms with Crippen molar-refractivity contribution in [3.63, 3.8) is 0 Å². The number of hydrogen-bond acceptors (Lipinski definition) is 5. The molecule has 5 nitrogen and oxygen atoms in total. The van der Waals surface area contributed by atoms with E-state index in [1.165, 1.54) is 20.1 Å². The van der Waals surface area contributed by atoms with E-state index in [1.807, 2.05) is 0 Å². The zero-order valence-electron chi connectivity index (χ0n) is 12.7. The van der Waals surface area contributed by atoms with Crippen molar-refractivity contribution in [2.24, 2.45) is 11.8 Å². The lowest BCUT2D eigenvalue weighted by molar-refractivity contribution is -0.148. The Kier molecular flexibility index (Phi) is 7.72. The van der Waals surface area contributed by atoms with Gasteiger partial charge in [-0.25, -0.2) is 4.79 Å². The van der Waals surface area contributed by atoms with Crippen molar-refractivity contribution in [2.75, 3.05) is 7.11 Å². The highest BCUT2D eigenvalue weighted by Crippen LogP contribution is 2.36. The van der Waals surface area contributed by atoms with E-state index < -0.39 is 0 Å². The van der Waals surface area contributed by atoms with Gasteiger partial charge in [-0.3, -0.25) is 4.79 Å². The van der Waals surface area contributed by atoms with Crippen molar-refractivity contribution in [3.8, 4) is 0 Å². The molecule has 0 heterocycles. The zero-order chi connectivity index (χ0) is 15.7. The van der Waals surface area contributed by atoms with Crippen molar-refractivity contribution in [2.45, 2.75) is 51.6 Å². The van der Waals surface area contributed by atoms with Gasteiger partial charge in [0.15, 0.2) is 0 Å². The number of carbonyl (C=O) groups is 3. The van der Waals surface area contributed by atoms with E-state index in [0.717, 1.165) is 44.8 Å². The second-order valence-electron chi connectivity index (χ2n) is 5.40. The Morgan fingerprint density at radius 2 is 2.00 bits per heavy atom. The minimum Gasteiger partial charge on any atom is -0.466 e. The standard InChI is InChI=1S/C16H24O5/c1-12(18)21-15-10-9-13(11-17)14(15)7-5-3-4-6-8-16(19)20-2/h6,8,11,13-15H,3-5,7,9-10H2,1-2H3/t13-,14-,15+/m1/s1. The number of esters is 2. The highest BCUT2D eigenvalue weighted by molar-refractivity contribution is 5.81. The number of hydrogen-bond donors (Lipinski definition) is 0. The number of methoxy groups -OCH3 is 1. The Morgan fingerprint density at radius 3 is 2.62 bits per heavy atom. The van der Waals surface area contributed by atoms with Gasteiger partial charge in [0.2, 0.25) is 0 Å². The average Bonchev–Trinajstić information content (AvgIpc) is 2.83. The van der Waals surface area contributed by atoms with Crippen LogP contribution in [0.3, 0.4) is 0 Å². The quantitative estimate of drug-likeness (QED) is 0.298. The van der Waals surface area contributed by atoms with E-state index >= 15 is 0 Å². The summed E-state index contributed by atoms with van der Waals surface area (Å²) in [5.41, 5.74) is 0. The van der Waals surface area contributed by atoms with Crippen LogP contribution in [0.2, 0.25) is 0 Å². The molecule has 0 N–H and O–H groups in total. The normalized spacial score (nSPS) is 25.0. The number of carbonyl (C=O) groups excluding carboxylic acids is 3. The number of ether oxygens (including phenoxy) is 2. The lowest BCUT2D eigenvalue weighted by atomic mass is 9.90. The second-order valence-corrected chi connectivity index (χ2v) is 5.40. The van der Waals surface area contributed by atoms with E-state index in [9.17, 15) is 14.4 Å². The van der Waals surface area contributed by atoms with Gasteiger partial charge in [0, 0.05) is 24.8 Å². The van der Waals surface area contributed by atoms with Crippen molar-refractivity contribution in [1.82, 2.24) is 0 Å². The first-order valence-electron chi connectivity index (χ1n) is 7.45. The van der Waals surface area contributed by atoms with Crippen LogP contribution in [0.5, 0.6) is 0 Å². The molecule has 1 aliphatic rings. The fourth-order valence-corrected chi connectivity index (χ4v) is 2.88. The highest BCUT2D eigenvalue weighted by Gasteiger charge is 2.37. The number of rotatable bonds is 8. The van der Waals surface area contributed by atoms with E-state index in [4.69, 9.17) is 4.74 Å². The number of allylic oxidation sites excluding steroid dienone is 1. The Balaban J connectivity index is 2.32. The van der Waals surface area contributed by atoms with E-state index in [-0.39, 0.29) is 29.9 Å². The molecule has 0 spiro atoms. The summed E-state index contributed by atoms with van der Waals surface area (Å²) in [6.07, 6.45) is 9.20. The fraction of sp³-hybridized carbons (Fsp3) is 0.688. The molecule has 0 aromatic rings. The molecule has 0 aromatic heterocycles. The maximum absolute atomic E-state index is 11.1. The maximum atomic E-state index is 11.1. The number of unbranched alkanes of at least 4 members (excludes halogenated alkanes) is 2. The van der Waals surface area contributed by atoms with Crippen LogP contribution in [0.1, 0.15) is 45.4 Å². The summed E-state index contributed by atoms with van der Waals surface area (Å²) in [6, 6.07) is 0. The van der Waals surface area contributed by atoms with Gasteiger partial charge in [-0.2, -0.15) is 0 Å². The SMILES string of the molecule is COC(=O)C=CCCCC[C@H]1[C@@H](OC(C)=O)CC[C@@H]1C=O. The van der Waals surface area contributed by atoms with Crippen molar-refractivity contribution >= 4 is 18.2 Å². The summed E-state index contributed by atoms with van der Waals surface area (Å²) in [4.78, 5) is 33.1. The summed E-state index contributed by atoms with van der Waals surface area (Å²) in [6.45, 7) is 1.41. The Morgan fingerprint density at radius 1 is 1.24 bits per heavy atom. The summed E-state index contributed by atoms with van der Waals surface area (Å²) < 4.78 is 9.81. The van der Waals surface area contributed by atoms with Crippen molar-refractivity contribution in [1.29, 1.82) is 0 Å². The van der Waals surface area contributed by atoms with Gasteiger partial charge < -0.3 is 14.3 Å². The molecule has 0 aliphatic heterocycles. The lowest BCUT2D eigenvalue weighted by Crippen LogP contribution is -2.25. The highest BCUT2D eigenvalue weighted by atomic mass is 16.5. The van der Waals surface area contributed by atoms with Gasteiger partial charge in [-0.15, -0.1) is 0 Å². The van der Waals surface area contributed by atoms with Crippen molar-refractivity contribution in [3.05, 3.63) is 12.2 Å². The van der Waals surface area contributed by atoms with Crippen LogP contribution in [0.25, 0.3) is 0 Å². The van der Waals surface area contributed by atoms with Crippen LogP contribution in [-0.2, 0) is 23.9 Å². The van der Waals surface area contributed by atoms with Gasteiger partial charge >= 0.3 is 11.9 Å². The minimum absolute atomic E-state index is 0.0000359. The van der Waals surface area contributed by atoms with E-state index in [0.29, 0.717) is 0 Å². The molecule has 118 valence electrons. The molecule has 0 aromatic carbocycles. The molecule has 0 bridgehead atoms. The van der Waals surface area contributed by atoms with Crippen LogP contribution in [0, 0.1) is 11.8 Å². The largest absolute Gasteiger partial charge is 0.466 e. The first-order valence-corrected chi connectivity index (χ1v) is 7.45. The van der Waals surface area contributed by atoms with Crippen molar-refractivity contribution < 1.29 is 23.9 Å². The molecule has 1 saturated carbocycles. The van der Waals surface area contributed by atoms with Gasteiger partial charge in [0.1, 0.15) is 12.4 Å². The third-order valence-corrected chi connectivity index (χ3v) is 3.92. The molecule has 5 heteroatoms. The van der Waals surface area contributed by atoms with Crippen LogP contribution in [-0.4, -0.2) is 31.4 Å². The monoisotopic (exact) mass is 296 g/mol. The van der Waals surface area contributed by atoms with Gasteiger partial charge in [-0.1, -0.05) is 12.5 Å². The zero-order valence-corrected chi connectivity index (χ0v) is 12.7. The molecule has 1 rings (SSSR count). The Bertz CT molecular complexity index is 388. The van der Waals surface area contributed by atoms with Crippen LogP contribution >= 0.6 is 0 Å². The summed E-state index contributed by atoms with van der Waals surface area (Å²) >= 11 is 0. The third kappa shape index (κ3) is 6.10. The molecule has 0 saturated heterocycles. The smallest absolute Gasteiger partial charge is 0.330 e. The maximum Gasteiger partial charge on any atom is 0.330 e. The number of aldehydes is 1. The molecule has 1 aliphatic carbocycles. The molecular formula is C16H24O5. The topological polar surface area (TPSA) is 69.7 Å². The first kappa shape index (κ1) is 17.4. The minimum atomic E-state index is -0.346. The van der Waals surface area contributed by atoms with Gasteiger partial charge in [0.05, 0.1) is 7.11 Å². The predicted octanol–water partition coefficient (Wildman–Crippen LogP) is 2.43. The summed E-state index contributed by atoms with van der Waals surface area (Å²) in [5, 5.41) is 0. The molecule has 0 unspecified atom stereocenters. The lowest BCUT2D eigenvalue weighted by Gasteiger charge is -2.21. The third-order valence-electron chi connectivity index (χ3n) is 3.92. The van der Waals surface area contributed by atoms with Gasteiger partial charge in [0.25, 0.3) is 0 Å². The Labute approximate surface area is 125 Å². The summed E-state index contributed by atoms with van der Waals surface area (Å²) in [7, 11) is 1.35. The molecular weight excluding hydrogens is 272 g/mol. The summed E-state index contributed by atoms with van der Waals surface area (Å²) in [5.74, 6) is -0.491. The van der Waals surface area contributed by atoms with Crippen LogP contribution in [0.15, 0.2) is 12.2 Å². The first-order chi connectivity index (χ1) is 10.1. The molecule has 1 fully saturated rings. The fourth-order valence-electron chi connectivity index (χ4n) is 2.88. The second kappa shape index (κ2) is 9.32. The van der Waals surface area contributed by atoms with E-state index in [1.54, 1.807) is 6.08 Å². The van der Waals surface area contributed by atoms with Crippen LogP contribution < -0.4 is 0 Å². The molecule has 0 amide bonds. The Hall–Kier alpha value is -1.65. The van der Waals surface area contributed by atoms with Gasteiger partial charge in [-0.05, 0) is 32.1 Å². The molecule has 0 radical (unpaired) electrons. The molecule has 3 atom stereocenters. The van der Waals surface area contributed by atoms with E-state index in [2.05, 4.69) is 4.74 Å². The van der Waals surface area contributed by atoms with Crippen LogP contribution in [0.4, 0.5) is 0 Å². The predicted molar refractivity (Wildman–Crippen MR) is 77.5 cm³/mol. The average molecular weight is 296 g/mol. The molecule has 21 heavy (non-hydrogen) atoms.